The first-order valence-electron chi connectivity index (χ1n) is 4.97. The topological polar surface area (TPSA) is 56.7 Å². The van der Waals surface area contributed by atoms with Gasteiger partial charge in [-0.1, -0.05) is 11.6 Å². The fourth-order valence-electron chi connectivity index (χ4n) is 2.31. The van der Waals surface area contributed by atoms with Crippen molar-refractivity contribution < 1.29 is 0 Å². The average Bonchev–Trinajstić information content (AvgIpc) is 2.71. The van der Waals surface area contributed by atoms with Gasteiger partial charge in [-0.05, 0) is 31.7 Å². The molecule has 4 heteroatoms. The Kier molecular flexibility index (Phi) is 2.59. The minimum Gasteiger partial charge on any atom is -0.330 e. The van der Waals surface area contributed by atoms with Crippen molar-refractivity contribution in [2.45, 2.75) is 31.7 Å². The number of nitrogens with two attached hydrogens (primary N) is 1. The van der Waals surface area contributed by atoms with Gasteiger partial charge in [0.1, 0.15) is 0 Å². The van der Waals surface area contributed by atoms with Gasteiger partial charge in [-0.15, -0.1) is 5.10 Å². The second-order valence-corrected chi connectivity index (χ2v) is 3.72. The largest absolute Gasteiger partial charge is 0.330 e. The average molecular weight is 180 g/mol. The van der Waals surface area contributed by atoms with Crippen LogP contribution in [0, 0.1) is 5.92 Å². The molecule has 72 valence electrons. The molecule has 0 spiro atoms. The summed E-state index contributed by atoms with van der Waals surface area (Å²) in [5.74, 6) is 0.715. The molecule has 1 aromatic heterocycles. The first-order valence-corrected chi connectivity index (χ1v) is 4.97. The van der Waals surface area contributed by atoms with E-state index in [1.54, 1.807) is 6.20 Å². The van der Waals surface area contributed by atoms with Gasteiger partial charge >= 0.3 is 0 Å². The Labute approximate surface area is 78.1 Å². The van der Waals surface area contributed by atoms with E-state index in [-0.39, 0.29) is 0 Å². The maximum absolute atomic E-state index is 5.58. The van der Waals surface area contributed by atoms with Gasteiger partial charge in [0.15, 0.2) is 0 Å². The molecular weight excluding hydrogens is 164 g/mol. The Bertz CT molecular complexity index is 244. The van der Waals surface area contributed by atoms with Crippen LogP contribution < -0.4 is 5.73 Å². The lowest BCUT2D eigenvalue weighted by molar-refractivity contribution is 0.331. The summed E-state index contributed by atoms with van der Waals surface area (Å²) in [5.41, 5.74) is 5.58. The lowest BCUT2D eigenvalue weighted by atomic mass is 10.00. The summed E-state index contributed by atoms with van der Waals surface area (Å²) in [6.07, 6.45) is 8.65. The number of hydrogen-bond donors (Lipinski definition) is 1. The van der Waals surface area contributed by atoms with E-state index in [0.717, 1.165) is 13.0 Å². The monoisotopic (exact) mass is 180 g/mol. The van der Waals surface area contributed by atoms with Crippen molar-refractivity contribution in [1.29, 1.82) is 0 Å². The minimum absolute atomic E-state index is 0.547. The molecule has 1 saturated carbocycles. The van der Waals surface area contributed by atoms with E-state index in [2.05, 4.69) is 10.3 Å². The maximum atomic E-state index is 5.58. The van der Waals surface area contributed by atoms with Gasteiger partial charge in [0.2, 0.25) is 0 Å². The number of nitrogens with zero attached hydrogens (tertiary/aromatic N) is 3. The second kappa shape index (κ2) is 3.87. The van der Waals surface area contributed by atoms with Gasteiger partial charge in [-0.3, -0.25) is 0 Å². The fourth-order valence-corrected chi connectivity index (χ4v) is 2.31. The van der Waals surface area contributed by atoms with Crippen molar-refractivity contribution in [3.05, 3.63) is 12.4 Å². The third-order valence-corrected chi connectivity index (χ3v) is 2.94. The molecule has 1 aliphatic rings. The van der Waals surface area contributed by atoms with E-state index in [0.29, 0.717) is 12.0 Å². The van der Waals surface area contributed by atoms with Crippen molar-refractivity contribution >= 4 is 0 Å². The summed E-state index contributed by atoms with van der Waals surface area (Å²) in [7, 11) is 0. The molecule has 1 aromatic rings. The standard InChI is InChI=1S/C9H16N4/c10-5-4-8-2-1-3-9(8)13-7-6-11-12-13/h6-9H,1-5,10H2. The fraction of sp³-hybridized carbons (Fsp3) is 0.778. The molecule has 0 bridgehead atoms. The van der Waals surface area contributed by atoms with Crippen LogP contribution in [-0.2, 0) is 0 Å². The Balaban J connectivity index is 2.05. The van der Waals surface area contributed by atoms with Crippen LogP contribution in [0.15, 0.2) is 12.4 Å². The van der Waals surface area contributed by atoms with Gasteiger partial charge in [0.05, 0.1) is 12.2 Å². The van der Waals surface area contributed by atoms with Crippen molar-refractivity contribution in [3.8, 4) is 0 Å². The zero-order chi connectivity index (χ0) is 9.10. The van der Waals surface area contributed by atoms with Crippen molar-refractivity contribution in [3.63, 3.8) is 0 Å². The van der Waals surface area contributed by atoms with Crippen LogP contribution in [0.5, 0.6) is 0 Å². The highest BCUT2D eigenvalue weighted by atomic mass is 15.4. The van der Waals surface area contributed by atoms with Gasteiger partial charge in [0.25, 0.3) is 0 Å². The minimum atomic E-state index is 0.547. The summed E-state index contributed by atoms with van der Waals surface area (Å²) in [6, 6.07) is 0.547. The molecule has 1 aliphatic carbocycles. The number of hydrogen-bond acceptors (Lipinski definition) is 3. The summed E-state index contributed by atoms with van der Waals surface area (Å²) < 4.78 is 1.99. The van der Waals surface area contributed by atoms with E-state index < -0.39 is 0 Å². The molecule has 1 fully saturated rings. The zero-order valence-corrected chi connectivity index (χ0v) is 7.76. The van der Waals surface area contributed by atoms with Gasteiger partial charge in [-0.2, -0.15) is 0 Å². The van der Waals surface area contributed by atoms with Gasteiger partial charge < -0.3 is 5.73 Å². The van der Waals surface area contributed by atoms with E-state index in [4.69, 9.17) is 5.73 Å². The summed E-state index contributed by atoms with van der Waals surface area (Å²) in [4.78, 5) is 0. The maximum Gasteiger partial charge on any atom is 0.0693 e. The van der Waals surface area contributed by atoms with Crippen molar-refractivity contribution in [1.82, 2.24) is 15.0 Å². The zero-order valence-electron chi connectivity index (χ0n) is 7.76. The summed E-state index contributed by atoms with van der Waals surface area (Å²) >= 11 is 0. The molecule has 2 atom stereocenters. The van der Waals surface area contributed by atoms with Crippen LogP contribution in [0.2, 0.25) is 0 Å². The molecule has 0 aliphatic heterocycles. The first-order chi connectivity index (χ1) is 6.42. The third kappa shape index (κ3) is 1.72. The van der Waals surface area contributed by atoms with Crippen molar-refractivity contribution in [2.24, 2.45) is 11.7 Å². The van der Waals surface area contributed by atoms with Crippen LogP contribution in [0.3, 0.4) is 0 Å². The Morgan fingerprint density at radius 1 is 1.46 bits per heavy atom. The van der Waals surface area contributed by atoms with Gasteiger partial charge in [0, 0.05) is 6.20 Å². The molecular formula is C9H16N4. The van der Waals surface area contributed by atoms with Crippen LogP contribution >= 0.6 is 0 Å². The predicted octanol–water partition coefficient (Wildman–Crippen LogP) is 0.968. The highest BCUT2D eigenvalue weighted by Gasteiger charge is 2.28. The summed E-state index contributed by atoms with van der Waals surface area (Å²) in [5, 5.41) is 7.90. The molecule has 2 N–H and O–H groups in total. The van der Waals surface area contributed by atoms with Gasteiger partial charge in [-0.25, -0.2) is 4.68 Å². The molecule has 1 heterocycles. The summed E-state index contributed by atoms with van der Waals surface area (Å²) in [6.45, 7) is 0.788. The van der Waals surface area contributed by atoms with Crippen LogP contribution in [0.1, 0.15) is 31.7 Å². The third-order valence-electron chi connectivity index (χ3n) is 2.94. The second-order valence-electron chi connectivity index (χ2n) is 3.72. The van der Waals surface area contributed by atoms with Crippen LogP contribution in [-0.4, -0.2) is 21.5 Å². The highest BCUT2D eigenvalue weighted by Crippen LogP contribution is 2.36. The Hall–Kier alpha value is -0.900. The van der Waals surface area contributed by atoms with E-state index in [9.17, 15) is 0 Å². The quantitative estimate of drug-likeness (QED) is 0.754. The normalized spacial score (nSPS) is 28.1. The molecule has 13 heavy (non-hydrogen) atoms. The van der Waals surface area contributed by atoms with E-state index in [1.807, 2.05) is 10.9 Å². The molecule has 0 aromatic carbocycles. The lowest BCUT2D eigenvalue weighted by Gasteiger charge is -2.18. The van der Waals surface area contributed by atoms with Crippen molar-refractivity contribution in [2.75, 3.05) is 6.54 Å². The van der Waals surface area contributed by atoms with Crippen LogP contribution in [0.4, 0.5) is 0 Å². The Morgan fingerprint density at radius 3 is 3.08 bits per heavy atom. The predicted molar refractivity (Wildman–Crippen MR) is 50.1 cm³/mol. The first kappa shape index (κ1) is 8.69. The van der Waals surface area contributed by atoms with E-state index >= 15 is 0 Å². The van der Waals surface area contributed by atoms with Crippen LogP contribution in [0.25, 0.3) is 0 Å². The molecule has 0 amide bonds. The molecule has 2 rings (SSSR count). The number of rotatable bonds is 3. The Morgan fingerprint density at radius 2 is 2.38 bits per heavy atom. The SMILES string of the molecule is NCCC1CCCC1n1ccnn1. The lowest BCUT2D eigenvalue weighted by Crippen LogP contribution is -2.17. The molecule has 0 radical (unpaired) electrons. The smallest absolute Gasteiger partial charge is 0.0693 e. The number of aromatic nitrogens is 3. The molecule has 0 saturated heterocycles. The highest BCUT2D eigenvalue weighted by molar-refractivity contribution is 4.83. The van der Waals surface area contributed by atoms with E-state index in [1.165, 1.54) is 19.3 Å². The molecule has 4 nitrogen and oxygen atoms in total. The molecule has 2 unspecified atom stereocenters.